The number of hydrogen-bond donors (Lipinski definition) is 1. The summed E-state index contributed by atoms with van der Waals surface area (Å²) in [5.74, 6) is -0.314. The van der Waals surface area contributed by atoms with Crippen LogP contribution in [0.1, 0.15) is 50.1 Å². The predicted molar refractivity (Wildman–Crippen MR) is 105 cm³/mol. The van der Waals surface area contributed by atoms with Gasteiger partial charge in [-0.2, -0.15) is 0 Å². The van der Waals surface area contributed by atoms with Gasteiger partial charge in [0.1, 0.15) is 5.76 Å². The Labute approximate surface area is 168 Å². The van der Waals surface area contributed by atoms with Crippen molar-refractivity contribution in [2.75, 3.05) is 0 Å². The molecule has 3 rings (SSSR count). The summed E-state index contributed by atoms with van der Waals surface area (Å²) in [7, 11) is 0. The fourth-order valence-electron chi connectivity index (χ4n) is 3.45. The zero-order valence-electron chi connectivity index (χ0n) is 16.4. The van der Waals surface area contributed by atoms with Crippen LogP contribution < -0.4 is 5.32 Å². The van der Waals surface area contributed by atoms with Gasteiger partial charge in [0.15, 0.2) is 6.10 Å². The molecule has 29 heavy (non-hydrogen) atoms. The van der Waals surface area contributed by atoms with Crippen molar-refractivity contribution in [3.05, 3.63) is 52.3 Å². The number of carbonyl (C=O) groups is 2. The van der Waals surface area contributed by atoms with Crippen LogP contribution in [0.4, 0.5) is 5.69 Å². The van der Waals surface area contributed by atoms with Crippen LogP contribution in [-0.4, -0.2) is 28.9 Å². The Bertz CT molecular complexity index is 889. The fourth-order valence-corrected chi connectivity index (χ4v) is 3.45. The molecule has 1 fully saturated rings. The molecule has 2 aromatic rings. The van der Waals surface area contributed by atoms with Crippen molar-refractivity contribution in [1.82, 2.24) is 5.32 Å². The number of carbonyl (C=O) groups excluding carboxylic acids is 2. The normalized spacial score (nSPS) is 19.9. The molecule has 3 atom stereocenters. The molecule has 1 aromatic heterocycles. The van der Waals surface area contributed by atoms with Crippen LogP contribution in [0.2, 0.25) is 0 Å². The van der Waals surface area contributed by atoms with Gasteiger partial charge in [0.2, 0.25) is 5.76 Å². The molecule has 1 N–H and O–H groups in total. The van der Waals surface area contributed by atoms with Crippen LogP contribution in [0.15, 0.2) is 40.8 Å². The molecule has 0 saturated heterocycles. The van der Waals surface area contributed by atoms with Gasteiger partial charge < -0.3 is 14.5 Å². The molecule has 154 valence electrons. The van der Waals surface area contributed by atoms with Crippen molar-refractivity contribution >= 4 is 17.6 Å². The Morgan fingerprint density at radius 3 is 2.52 bits per heavy atom. The van der Waals surface area contributed by atoms with Gasteiger partial charge in [-0.1, -0.05) is 19.8 Å². The molecule has 1 aromatic carbocycles. The van der Waals surface area contributed by atoms with Crippen molar-refractivity contribution in [3.63, 3.8) is 0 Å². The highest BCUT2D eigenvalue weighted by atomic mass is 16.6. The van der Waals surface area contributed by atoms with Crippen molar-refractivity contribution < 1.29 is 23.7 Å². The Morgan fingerprint density at radius 2 is 1.86 bits per heavy atom. The summed E-state index contributed by atoms with van der Waals surface area (Å²) in [5.41, 5.74) is 0.554. The maximum absolute atomic E-state index is 12.4. The van der Waals surface area contributed by atoms with E-state index in [0.717, 1.165) is 19.3 Å². The summed E-state index contributed by atoms with van der Waals surface area (Å²) in [4.78, 5) is 34.9. The number of nitro groups is 1. The maximum atomic E-state index is 12.4. The third-order valence-electron chi connectivity index (χ3n) is 5.26. The highest BCUT2D eigenvalue weighted by Crippen LogP contribution is 2.26. The molecule has 1 saturated carbocycles. The molecule has 0 unspecified atom stereocenters. The van der Waals surface area contributed by atoms with Crippen molar-refractivity contribution in [2.45, 2.75) is 51.7 Å². The summed E-state index contributed by atoms with van der Waals surface area (Å²) in [6.45, 7) is 3.64. The number of nitrogens with zero attached hydrogens (tertiary/aromatic N) is 1. The van der Waals surface area contributed by atoms with Gasteiger partial charge >= 0.3 is 5.97 Å². The molecular weight excluding hydrogens is 376 g/mol. The number of amides is 1. The molecule has 0 bridgehead atoms. The first-order chi connectivity index (χ1) is 13.8. The second-order valence-electron chi connectivity index (χ2n) is 7.39. The number of non-ortho nitro benzene ring substituents is 1. The summed E-state index contributed by atoms with van der Waals surface area (Å²) in [5, 5.41) is 13.7. The van der Waals surface area contributed by atoms with Crippen LogP contribution >= 0.6 is 0 Å². The lowest BCUT2D eigenvalue weighted by Crippen LogP contribution is -2.45. The number of furan rings is 1. The van der Waals surface area contributed by atoms with E-state index in [9.17, 15) is 19.7 Å². The SMILES string of the molecule is C[C@@H]1CCCC[C@@H]1NC(=O)[C@@H](C)OC(=O)c1ccc(-c2ccc([N+](=O)[O-])cc2)o1. The summed E-state index contributed by atoms with van der Waals surface area (Å²) in [6, 6.07) is 8.91. The lowest BCUT2D eigenvalue weighted by Gasteiger charge is -2.30. The summed E-state index contributed by atoms with van der Waals surface area (Å²) < 4.78 is 10.7. The molecule has 8 heteroatoms. The number of rotatable bonds is 6. The van der Waals surface area contributed by atoms with Gasteiger partial charge in [0, 0.05) is 23.7 Å². The van der Waals surface area contributed by atoms with Crippen LogP contribution in [-0.2, 0) is 9.53 Å². The van der Waals surface area contributed by atoms with E-state index in [2.05, 4.69) is 12.2 Å². The molecule has 1 aliphatic carbocycles. The van der Waals surface area contributed by atoms with E-state index in [1.165, 1.54) is 43.7 Å². The average molecular weight is 400 g/mol. The minimum absolute atomic E-state index is 0.0351. The van der Waals surface area contributed by atoms with E-state index < -0.39 is 17.0 Å². The largest absolute Gasteiger partial charge is 0.449 e. The third-order valence-corrected chi connectivity index (χ3v) is 5.26. The number of benzene rings is 1. The Hall–Kier alpha value is -3.16. The second kappa shape index (κ2) is 8.89. The van der Waals surface area contributed by atoms with Gasteiger partial charge in [-0.15, -0.1) is 0 Å². The highest BCUT2D eigenvalue weighted by molar-refractivity contribution is 5.90. The zero-order chi connectivity index (χ0) is 21.0. The van der Waals surface area contributed by atoms with Gasteiger partial charge in [0.25, 0.3) is 11.6 Å². The molecule has 1 amide bonds. The van der Waals surface area contributed by atoms with Gasteiger partial charge in [-0.05, 0) is 49.9 Å². The van der Waals surface area contributed by atoms with Crippen LogP contribution in [0.25, 0.3) is 11.3 Å². The minimum Gasteiger partial charge on any atom is -0.449 e. The van der Waals surface area contributed by atoms with E-state index in [1.807, 2.05) is 0 Å². The lowest BCUT2D eigenvalue weighted by atomic mass is 9.86. The smallest absolute Gasteiger partial charge is 0.375 e. The van der Waals surface area contributed by atoms with Crippen LogP contribution in [0, 0.1) is 16.0 Å². The van der Waals surface area contributed by atoms with Crippen LogP contribution in [0.5, 0.6) is 0 Å². The Kier molecular flexibility index (Phi) is 6.31. The Morgan fingerprint density at radius 1 is 1.17 bits per heavy atom. The number of hydrogen-bond acceptors (Lipinski definition) is 6. The van der Waals surface area contributed by atoms with Crippen molar-refractivity contribution in [2.24, 2.45) is 5.92 Å². The number of esters is 1. The molecule has 0 spiro atoms. The maximum Gasteiger partial charge on any atom is 0.375 e. The van der Waals surface area contributed by atoms with E-state index >= 15 is 0 Å². The van der Waals surface area contributed by atoms with Crippen molar-refractivity contribution in [1.29, 1.82) is 0 Å². The second-order valence-corrected chi connectivity index (χ2v) is 7.39. The van der Waals surface area contributed by atoms with Gasteiger partial charge in [-0.3, -0.25) is 14.9 Å². The molecule has 0 aliphatic heterocycles. The molecule has 1 heterocycles. The predicted octanol–water partition coefficient (Wildman–Crippen LogP) is 4.10. The van der Waals surface area contributed by atoms with E-state index in [1.54, 1.807) is 6.07 Å². The average Bonchev–Trinajstić information content (AvgIpc) is 3.20. The molecule has 1 aliphatic rings. The lowest BCUT2D eigenvalue weighted by molar-refractivity contribution is -0.384. The van der Waals surface area contributed by atoms with E-state index in [0.29, 0.717) is 17.2 Å². The topological polar surface area (TPSA) is 112 Å². The standard InChI is InChI=1S/C21H24N2O6/c1-13-5-3-4-6-17(13)22-20(24)14(2)28-21(25)19-12-11-18(29-19)15-7-9-16(10-8-15)23(26)27/h7-14,17H,3-6H2,1-2H3,(H,22,24)/t13-,14-,17+/m1/s1. The molecule has 8 nitrogen and oxygen atoms in total. The number of ether oxygens (including phenoxy) is 1. The first kappa shape index (κ1) is 20.6. The van der Waals surface area contributed by atoms with Crippen LogP contribution in [0.3, 0.4) is 0 Å². The minimum atomic E-state index is -0.940. The Balaban J connectivity index is 1.59. The van der Waals surface area contributed by atoms with E-state index in [4.69, 9.17) is 9.15 Å². The molecule has 0 radical (unpaired) electrons. The van der Waals surface area contributed by atoms with Crippen molar-refractivity contribution in [3.8, 4) is 11.3 Å². The quantitative estimate of drug-likeness (QED) is 0.444. The zero-order valence-corrected chi connectivity index (χ0v) is 16.4. The number of nitrogens with one attached hydrogen (secondary N) is 1. The summed E-state index contributed by atoms with van der Waals surface area (Å²) >= 11 is 0. The van der Waals surface area contributed by atoms with Gasteiger partial charge in [0.05, 0.1) is 4.92 Å². The third kappa shape index (κ3) is 5.01. The monoisotopic (exact) mass is 400 g/mol. The van der Waals surface area contributed by atoms with E-state index in [-0.39, 0.29) is 23.4 Å². The van der Waals surface area contributed by atoms with Gasteiger partial charge in [-0.25, -0.2) is 4.79 Å². The fraction of sp³-hybridized carbons (Fsp3) is 0.429. The molecular formula is C21H24N2O6. The highest BCUT2D eigenvalue weighted by Gasteiger charge is 2.27. The first-order valence-corrected chi connectivity index (χ1v) is 9.71. The summed E-state index contributed by atoms with van der Waals surface area (Å²) in [6.07, 6.45) is 3.33. The first-order valence-electron chi connectivity index (χ1n) is 9.71. The number of nitro benzene ring substituents is 1.